The molecule has 4 rings (SSSR count). The van der Waals surface area contributed by atoms with Gasteiger partial charge in [-0.1, -0.05) is 48.0 Å². The zero-order valence-corrected chi connectivity index (χ0v) is 19.6. The topological polar surface area (TPSA) is 26.3 Å². The van der Waals surface area contributed by atoms with E-state index in [-0.39, 0.29) is 12.1 Å². The number of esters is 1. The summed E-state index contributed by atoms with van der Waals surface area (Å²) in [5.41, 5.74) is 2.24. The lowest BCUT2D eigenvalue weighted by molar-refractivity contribution is -0.207. The Bertz CT molecular complexity index is 657. The van der Waals surface area contributed by atoms with Crippen LogP contribution < -0.4 is 0 Å². The molecule has 0 bridgehead atoms. The fourth-order valence-corrected chi connectivity index (χ4v) is 9.33. The van der Waals surface area contributed by atoms with E-state index in [0.29, 0.717) is 27.1 Å². The summed E-state index contributed by atoms with van der Waals surface area (Å²) in [6.07, 6.45) is 13.2. The molecule has 0 heterocycles. The fraction of sp³-hybridized carbons (Fsp3) is 0.962. The number of carbonyl (C=O) groups is 1. The van der Waals surface area contributed by atoms with Crippen LogP contribution in [0.25, 0.3) is 0 Å². The molecule has 8 atom stereocenters. The molecule has 0 aromatic carbocycles. The quantitative estimate of drug-likeness (QED) is 0.469. The largest absolute Gasteiger partial charge is 0.463 e. The van der Waals surface area contributed by atoms with E-state index in [4.69, 9.17) is 4.74 Å². The predicted octanol–water partition coefficient (Wildman–Crippen LogP) is 7.16. The summed E-state index contributed by atoms with van der Waals surface area (Å²) in [5, 5.41) is 0. The van der Waals surface area contributed by atoms with Gasteiger partial charge in [-0.15, -0.1) is 0 Å². The molecular formula is C26H44O2. The third kappa shape index (κ3) is 2.41. The van der Waals surface area contributed by atoms with Crippen molar-refractivity contribution in [3.8, 4) is 0 Å². The van der Waals surface area contributed by atoms with Gasteiger partial charge in [-0.3, -0.25) is 4.79 Å². The average Bonchev–Trinajstić information content (AvgIpc) is 2.84. The molecule has 4 fully saturated rings. The Labute approximate surface area is 173 Å². The van der Waals surface area contributed by atoms with Crippen LogP contribution in [0, 0.1) is 38.9 Å². The van der Waals surface area contributed by atoms with E-state index in [9.17, 15) is 4.79 Å². The molecule has 4 saturated carbocycles. The molecular weight excluding hydrogens is 344 g/mol. The molecule has 0 aliphatic heterocycles. The van der Waals surface area contributed by atoms with Gasteiger partial charge in [-0.05, 0) is 96.7 Å². The first kappa shape index (κ1) is 20.7. The van der Waals surface area contributed by atoms with E-state index in [2.05, 4.69) is 41.5 Å². The second kappa shape index (κ2) is 6.24. The summed E-state index contributed by atoms with van der Waals surface area (Å²) in [6.45, 7) is 17.1. The third-order valence-corrected chi connectivity index (χ3v) is 12.0. The zero-order chi connectivity index (χ0) is 20.6. The highest BCUT2D eigenvalue weighted by Gasteiger charge is 2.69. The maximum absolute atomic E-state index is 11.6. The molecule has 8 unspecified atom stereocenters. The number of carbonyl (C=O) groups excluding carboxylic acids is 1. The number of fused-ring (bicyclic) bond motifs is 5. The van der Waals surface area contributed by atoms with Crippen molar-refractivity contribution in [3.63, 3.8) is 0 Å². The van der Waals surface area contributed by atoms with Crippen LogP contribution in [0.15, 0.2) is 0 Å². The van der Waals surface area contributed by atoms with Gasteiger partial charge in [0, 0.05) is 6.92 Å². The van der Waals surface area contributed by atoms with Gasteiger partial charge in [-0.2, -0.15) is 0 Å². The summed E-state index contributed by atoms with van der Waals surface area (Å²) >= 11 is 0. The molecule has 0 radical (unpaired) electrons. The maximum Gasteiger partial charge on any atom is 0.302 e. The van der Waals surface area contributed by atoms with Crippen LogP contribution in [0.5, 0.6) is 0 Å². The molecule has 28 heavy (non-hydrogen) atoms. The van der Waals surface area contributed by atoms with Crippen LogP contribution in [0.2, 0.25) is 0 Å². The molecule has 4 aliphatic carbocycles. The number of hydrogen-bond acceptors (Lipinski definition) is 2. The lowest BCUT2D eigenvalue weighted by Gasteiger charge is -2.68. The van der Waals surface area contributed by atoms with E-state index < -0.39 is 0 Å². The van der Waals surface area contributed by atoms with Gasteiger partial charge in [0.15, 0.2) is 0 Å². The summed E-state index contributed by atoms with van der Waals surface area (Å²) < 4.78 is 5.69. The Morgan fingerprint density at radius 2 is 1.50 bits per heavy atom. The Balaban J connectivity index is 1.65. The Morgan fingerprint density at radius 3 is 2.14 bits per heavy atom. The van der Waals surface area contributed by atoms with E-state index in [1.807, 2.05) is 0 Å². The Hall–Kier alpha value is -0.530. The highest BCUT2D eigenvalue weighted by molar-refractivity contribution is 5.66. The van der Waals surface area contributed by atoms with Crippen molar-refractivity contribution in [2.24, 2.45) is 38.9 Å². The van der Waals surface area contributed by atoms with Crippen molar-refractivity contribution < 1.29 is 9.53 Å². The van der Waals surface area contributed by atoms with E-state index in [0.717, 1.165) is 24.7 Å². The van der Waals surface area contributed by atoms with Gasteiger partial charge in [0.05, 0.1) is 0 Å². The lowest BCUT2D eigenvalue weighted by atomic mass is 9.36. The summed E-state index contributed by atoms with van der Waals surface area (Å²) in [7, 11) is 0. The van der Waals surface area contributed by atoms with Crippen LogP contribution in [-0.2, 0) is 9.53 Å². The van der Waals surface area contributed by atoms with Crippen molar-refractivity contribution in [3.05, 3.63) is 0 Å². The maximum atomic E-state index is 11.6. The van der Waals surface area contributed by atoms with E-state index in [1.54, 1.807) is 6.92 Å². The Morgan fingerprint density at radius 1 is 0.857 bits per heavy atom. The second-order valence-corrected chi connectivity index (χ2v) is 12.4. The van der Waals surface area contributed by atoms with Gasteiger partial charge in [0.25, 0.3) is 0 Å². The molecule has 0 N–H and O–H groups in total. The van der Waals surface area contributed by atoms with Gasteiger partial charge in [0.2, 0.25) is 0 Å². The summed E-state index contributed by atoms with van der Waals surface area (Å²) in [4.78, 5) is 11.6. The standard InChI is InChI=1S/C26H44O2/c1-8-22(3)15-16-25(6)21-10-12-23(4)17-19(28-18(2)27)9-13-24(23,5)20(21)11-14-26(22,25)7/h19-21H,8-17H2,1-7H3. The number of ether oxygens (including phenoxy) is 1. The SMILES string of the molecule is CCC1(C)CCC2(C)C3CCC4(C)CC(OC(C)=O)CCC4(C)C3CCC12C. The zero-order valence-electron chi connectivity index (χ0n) is 19.6. The highest BCUT2D eigenvalue weighted by Crippen LogP contribution is 2.77. The van der Waals surface area contributed by atoms with Crippen LogP contribution in [0.4, 0.5) is 0 Å². The van der Waals surface area contributed by atoms with Crippen LogP contribution in [-0.4, -0.2) is 12.1 Å². The molecule has 160 valence electrons. The lowest BCUT2D eigenvalue weighted by Crippen LogP contribution is -2.61. The molecule has 4 aliphatic rings. The van der Waals surface area contributed by atoms with E-state index in [1.165, 1.54) is 51.4 Å². The normalized spacial score (nSPS) is 55.8. The van der Waals surface area contributed by atoms with Crippen molar-refractivity contribution in [2.45, 2.75) is 119 Å². The van der Waals surface area contributed by atoms with Gasteiger partial charge < -0.3 is 4.74 Å². The summed E-state index contributed by atoms with van der Waals surface area (Å²) in [6, 6.07) is 0. The predicted molar refractivity (Wildman–Crippen MR) is 115 cm³/mol. The van der Waals surface area contributed by atoms with Gasteiger partial charge in [0.1, 0.15) is 6.10 Å². The number of hydrogen-bond donors (Lipinski definition) is 0. The smallest absolute Gasteiger partial charge is 0.302 e. The van der Waals surface area contributed by atoms with E-state index >= 15 is 0 Å². The molecule has 0 aromatic rings. The molecule has 2 nitrogen and oxygen atoms in total. The second-order valence-electron chi connectivity index (χ2n) is 12.4. The van der Waals surface area contributed by atoms with Crippen molar-refractivity contribution in [1.29, 1.82) is 0 Å². The number of rotatable bonds is 2. The van der Waals surface area contributed by atoms with Crippen molar-refractivity contribution in [2.75, 3.05) is 0 Å². The van der Waals surface area contributed by atoms with Crippen LogP contribution >= 0.6 is 0 Å². The first-order valence-electron chi connectivity index (χ1n) is 12.1. The minimum absolute atomic E-state index is 0.100. The molecule has 2 heteroatoms. The van der Waals surface area contributed by atoms with Crippen LogP contribution in [0.3, 0.4) is 0 Å². The third-order valence-electron chi connectivity index (χ3n) is 12.0. The first-order chi connectivity index (χ1) is 12.9. The molecule has 0 aromatic heterocycles. The van der Waals surface area contributed by atoms with Crippen LogP contribution in [0.1, 0.15) is 113 Å². The van der Waals surface area contributed by atoms with Crippen molar-refractivity contribution in [1.82, 2.24) is 0 Å². The monoisotopic (exact) mass is 388 g/mol. The first-order valence-corrected chi connectivity index (χ1v) is 12.1. The van der Waals surface area contributed by atoms with Gasteiger partial charge in [-0.25, -0.2) is 0 Å². The molecule has 0 saturated heterocycles. The minimum atomic E-state index is -0.100. The molecule has 0 amide bonds. The van der Waals surface area contributed by atoms with Gasteiger partial charge >= 0.3 is 5.97 Å². The average molecular weight is 389 g/mol. The Kier molecular flexibility index (Phi) is 4.62. The fourth-order valence-electron chi connectivity index (χ4n) is 9.33. The molecule has 0 spiro atoms. The van der Waals surface area contributed by atoms with Crippen molar-refractivity contribution >= 4 is 5.97 Å². The highest BCUT2D eigenvalue weighted by atomic mass is 16.5. The summed E-state index contributed by atoms with van der Waals surface area (Å²) in [5.74, 6) is 1.63. The minimum Gasteiger partial charge on any atom is -0.463 e.